The van der Waals surface area contributed by atoms with Crippen molar-refractivity contribution in [1.82, 2.24) is 5.32 Å². The van der Waals surface area contributed by atoms with Gasteiger partial charge in [-0.3, -0.25) is 4.79 Å². The molecule has 152 valence electrons. The average Bonchev–Trinajstić information content (AvgIpc) is 2.69. The van der Waals surface area contributed by atoms with Gasteiger partial charge in [0.05, 0.1) is 19.3 Å². The number of rotatable bonds is 3. The Balaban J connectivity index is 0.000000205. The number of para-hydroxylation sites is 2. The van der Waals surface area contributed by atoms with E-state index in [0.717, 1.165) is 42.1 Å². The highest BCUT2D eigenvalue weighted by atomic mass is 35.5. The van der Waals surface area contributed by atoms with E-state index >= 15 is 0 Å². The smallest absolute Gasteiger partial charge is 0.246 e. The standard InChI is InChI=1S/C12H15NO3.C9H11NO.ClH/c1-15-8-12(14)13-10-6-7-16-11-5-3-2-4-9(10)11;10-8-5-6-11-9-4-2-1-3-7(8)9;/h2-5,10H,6-8H2,1H3,(H,13,14);1-4,8H,5-6,10H2;1H/t10-;8-;/m11./s1. The van der Waals surface area contributed by atoms with Crippen LogP contribution < -0.4 is 20.5 Å². The van der Waals surface area contributed by atoms with Crippen LogP contribution in [0, 0.1) is 0 Å². The number of amides is 1. The first kappa shape index (κ1) is 22.0. The van der Waals surface area contributed by atoms with Crippen LogP contribution in [0.5, 0.6) is 11.5 Å². The highest BCUT2D eigenvalue weighted by molar-refractivity contribution is 5.85. The molecule has 0 saturated heterocycles. The number of hydrogen-bond acceptors (Lipinski definition) is 5. The Bertz CT molecular complexity index is 772. The molecule has 0 aromatic heterocycles. The van der Waals surface area contributed by atoms with Crippen LogP contribution in [-0.2, 0) is 9.53 Å². The summed E-state index contributed by atoms with van der Waals surface area (Å²) in [6.45, 7) is 1.48. The van der Waals surface area contributed by atoms with Crippen LogP contribution in [-0.4, -0.2) is 32.8 Å². The molecule has 2 atom stereocenters. The number of carbonyl (C=O) groups is 1. The molecule has 0 radical (unpaired) electrons. The molecule has 0 spiro atoms. The van der Waals surface area contributed by atoms with Crippen molar-refractivity contribution < 1.29 is 19.0 Å². The van der Waals surface area contributed by atoms with Crippen molar-refractivity contribution in [2.24, 2.45) is 5.73 Å². The van der Waals surface area contributed by atoms with E-state index in [1.165, 1.54) is 7.11 Å². The molecule has 6 nitrogen and oxygen atoms in total. The number of methoxy groups -OCH3 is 1. The molecule has 28 heavy (non-hydrogen) atoms. The highest BCUT2D eigenvalue weighted by Crippen LogP contribution is 2.31. The SMILES string of the molecule is COCC(=O)N[C@@H]1CCOc2ccccc21.Cl.N[C@@H]1CCOc2ccccc21. The first-order valence-corrected chi connectivity index (χ1v) is 9.16. The molecular weight excluding hydrogens is 380 g/mol. The lowest BCUT2D eigenvalue weighted by molar-refractivity contribution is -0.125. The van der Waals surface area contributed by atoms with Crippen molar-refractivity contribution in [3.8, 4) is 11.5 Å². The zero-order valence-electron chi connectivity index (χ0n) is 15.9. The number of nitrogens with one attached hydrogen (secondary N) is 1. The van der Waals surface area contributed by atoms with Gasteiger partial charge in [0.25, 0.3) is 0 Å². The van der Waals surface area contributed by atoms with Crippen LogP contribution in [0.25, 0.3) is 0 Å². The number of hydrogen-bond donors (Lipinski definition) is 2. The number of carbonyl (C=O) groups excluding carboxylic acids is 1. The van der Waals surface area contributed by atoms with Crippen LogP contribution >= 0.6 is 12.4 Å². The van der Waals surface area contributed by atoms with E-state index in [-0.39, 0.29) is 37.0 Å². The summed E-state index contributed by atoms with van der Waals surface area (Å²) in [6.07, 6.45) is 1.73. The predicted octanol–water partition coefficient (Wildman–Crippen LogP) is 3.16. The van der Waals surface area contributed by atoms with Gasteiger partial charge >= 0.3 is 0 Å². The summed E-state index contributed by atoms with van der Waals surface area (Å²) < 4.78 is 15.7. The van der Waals surface area contributed by atoms with Crippen LogP contribution in [0.15, 0.2) is 48.5 Å². The first-order chi connectivity index (χ1) is 13.2. The second-order valence-corrected chi connectivity index (χ2v) is 6.51. The summed E-state index contributed by atoms with van der Waals surface area (Å²) in [7, 11) is 1.51. The van der Waals surface area contributed by atoms with E-state index in [1.807, 2.05) is 48.5 Å². The lowest BCUT2D eigenvalue weighted by Crippen LogP contribution is -2.34. The Morgan fingerprint density at radius 1 is 1.04 bits per heavy atom. The number of ether oxygens (including phenoxy) is 3. The molecule has 1 amide bonds. The van der Waals surface area contributed by atoms with Crippen LogP contribution in [0.4, 0.5) is 0 Å². The van der Waals surface area contributed by atoms with Gasteiger partial charge in [-0.15, -0.1) is 12.4 Å². The summed E-state index contributed by atoms with van der Waals surface area (Å²) in [5.74, 6) is 1.71. The van der Waals surface area contributed by atoms with Gasteiger partial charge in [0.2, 0.25) is 5.91 Å². The molecule has 2 aliphatic heterocycles. The Morgan fingerprint density at radius 2 is 1.61 bits per heavy atom. The Hall–Kier alpha value is -2.28. The van der Waals surface area contributed by atoms with Crippen LogP contribution in [0.3, 0.4) is 0 Å². The average molecular weight is 407 g/mol. The normalized spacial score (nSPS) is 19.2. The van der Waals surface area contributed by atoms with Gasteiger partial charge in [0, 0.05) is 37.1 Å². The highest BCUT2D eigenvalue weighted by Gasteiger charge is 2.22. The second-order valence-electron chi connectivity index (χ2n) is 6.51. The van der Waals surface area contributed by atoms with Gasteiger partial charge in [-0.2, -0.15) is 0 Å². The van der Waals surface area contributed by atoms with Gasteiger partial charge in [0.1, 0.15) is 18.1 Å². The fourth-order valence-electron chi connectivity index (χ4n) is 3.23. The van der Waals surface area contributed by atoms with Crippen LogP contribution in [0.2, 0.25) is 0 Å². The molecule has 3 N–H and O–H groups in total. The van der Waals surface area contributed by atoms with E-state index in [1.54, 1.807) is 0 Å². The van der Waals surface area contributed by atoms with Crippen molar-refractivity contribution >= 4 is 18.3 Å². The summed E-state index contributed by atoms with van der Waals surface area (Å²) in [6, 6.07) is 15.9. The van der Waals surface area contributed by atoms with E-state index in [0.29, 0.717) is 6.61 Å². The summed E-state index contributed by atoms with van der Waals surface area (Å²) >= 11 is 0. The Kier molecular flexibility index (Phi) is 8.57. The van der Waals surface area contributed by atoms with Crippen molar-refractivity contribution in [2.45, 2.75) is 24.9 Å². The minimum Gasteiger partial charge on any atom is -0.493 e. The molecule has 4 rings (SSSR count). The van der Waals surface area contributed by atoms with E-state index < -0.39 is 0 Å². The maximum absolute atomic E-state index is 11.4. The quantitative estimate of drug-likeness (QED) is 0.818. The zero-order chi connectivity index (χ0) is 19.1. The third-order valence-corrected chi connectivity index (χ3v) is 4.57. The monoisotopic (exact) mass is 406 g/mol. The Morgan fingerprint density at radius 3 is 2.25 bits per heavy atom. The van der Waals surface area contributed by atoms with E-state index in [9.17, 15) is 4.79 Å². The number of fused-ring (bicyclic) bond motifs is 2. The summed E-state index contributed by atoms with van der Waals surface area (Å²) in [5.41, 5.74) is 8.04. The number of halogens is 1. The first-order valence-electron chi connectivity index (χ1n) is 9.16. The molecule has 2 aromatic rings. The van der Waals surface area contributed by atoms with Gasteiger partial charge in [-0.1, -0.05) is 36.4 Å². The van der Waals surface area contributed by atoms with Gasteiger partial charge in [0.15, 0.2) is 0 Å². The second kappa shape index (κ2) is 10.9. The van der Waals surface area contributed by atoms with Gasteiger partial charge in [-0.05, 0) is 12.1 Å². The minimum absolute atomic E-state index is 0. The molecule has 0 unspecified atom stereocenters. The molecule has 0 aliphatic carbocycles. The fraction of sp³-hybridized carbons (Fsp3) is 0.381. The lowest BCUT2D eigenvalue weighted by atomic mass is 10.0. The molecule has 0 saturated carbocycles. The molecule has 0 fully saturated rings. The predicted molar refractivity (Wildman–Crippen MR) is 110 cm³/mol. The molecule has 2 aliphatic rings. The fourth-order valence-corrected chi connectivity index (χ4v) is 3.23. The zero-order valence-corrected chi connectivity index (χ0v) is 16.7. The van der Waals surface area contributed by atoms with Crippen LogP contribution in [0.1, 0.15) is 36.1 Å². The minimum atomic E-state index is -0.0933. The third kappa shape index (κ3) is 5.61. The topological polar surface area (TPSA) is 82.8 Å². The molecule has 7 heteroatoms. The number of benzene rings is 2. The van der Waals surface area contributed by atoms with E-state index in [2.05, 4.69) is 5.32 Å². The van der Waals surface area contributed by atoms with Crippen molar-refractivity contribution in [1.29, 1.82) is 0 Å². The van der Waals surface area contributed by atoms with Crippen molar-refractivity contribution in [2.75, 3.05) is 26.9 Å². The van der Waals surface area contributed by atoms with Gasteiger partial charge in [-0.25, -0.2) is 0 Å². The summed E-state index contributed by atoms with van der Waals surface area (Å²) in [5, 5.41) is 2.93. The number of nitrogens with two attached hydrogens (primary N) is 1. The molecule has 0 bridgehead atoms. The lowest BCUT2D eigenvalue weighted by Gasteiger charge is -2.26. The van der Waals surface area contributed by atoms with Crippen molar-refractivity contribution in [3.63, 3.8) is 0 Å². The molecular formula is C21H27ClN2O4. The third-order valence-electron chi connectivity index (χ3n) is 4.57. The van der Waals surface area contributed by atoms with Gasteiger partial charge < -0.3 is 25.3 Å². The largest absolute Gasteiger partial charge is 0.493 e. The Labute approximate surface area is 171 Å². The van der Waals surface area contributed by atoms with Crippen molar-refractivity contribution in [3.05, 3.63) is 59.7 Å². The summed E-state index contributed by atoms with van der Waals surface area (Å²) in [4.78, 5) is 11.4. The molecule has 2 heterocycles. The molecule has 2 aromatic carbocycles. The maximum Gasteiger partial charge on any atom is 0.246 e. The maximum atomic E-state index is 11.4. The van der Waals surface area contributed by atoms with E-state index in [4.69, 9.17) is 19.9 Å².